The van der Waals surface area contributed by atoms with Gasteiger partial charge in [-0.05, 0) is 55.5 Å². The number of anilines is 2. The largest absolute Gasteiger partial charge is 0.323 e. The summed E-state index contributed by atoms with van der Waals surface area (Å²) in [6.07, 6.45) is 0. The van der Waals surface area contributed by atoms with Gasteiger partial charge in [0.15, 0.2) is 11.4 Å². The zero-order valence-electron chi connectivity index (χ0n) is 14.0. The smallest absolute Gasteiger partial charge is 0.247 e. The Morgan fingerprint density at radius 3 is 2.54 bits per heavy atom. The average molecular weight is 363 g/mol. The van der Waals surface area contributed by atoms with Crippen molar-refractivity contribution in [2.75, 3.05) is 5.32 Å². The van der Waals surface area contributed by atoms with Crippen LogP contribution in [-0.4, -0.2) is 20.4 Å². The number of nitrogens with zero attached hydrogens (tertiary/aromatic N) is 3. The average Bonchev–Trinajstić information content (AvgIpc) is 3.04. The number of benzene rings is 2. The second-order valence-corrected chi connectivity index (χ2v) is 6.32. The van der Waals surface area contributed by atoms with Crippen LogP contribution in [0.25, 0.3) is 16.9 Å². The van der Waals surface area contributed by atoms with Gasteiger partial charge in [0.2, 0.25) is 5.95 Å². The molecule has 0 atom stereocenters. The molecule has 0 radical (unpaired) electrons. The van der Waals surface area contributed by atoms with E-state index in [9.17, 15) is 4.79 Å². The van der Waals surface area contributed by atoms with E-state index in [1.807, 2.05) is 54.6 Å². The van der Waals surface area contributed by atoms with E-state index in [4.69, 9.17) is 11.6 Å². The molecule has 6 heteroatoms. The SMILES string of the molecule is CC(=O)c1ccc(Nc2nc3cccc(-c4cccc(Cl)c4)n3n2)cc1. The minimum Gasteiger partial charge on any atom is -0.323 e. The number of pyridine rings is 1. The van der Waals surface area contributed by atoms with Crippen molar-refractivity contribution >= 4 is 34.7 Å². The van der Waals surface area contributed by atoms with E-state index in [1.54, 1.807) is 23.6 Å². The third-order valence-electron chi connectivity index (χ3n) is 4.03. The zero-order chi connectivity index (χ0) is 18.1. The third kappa shape index (κ3) is 3.17. The fraction of sp³-hybridized carbons (Fsp3) is 0.0500. The number of carbonyl (C=O) groups excluding carboxylic acids is 1. The van der Waals surface area contributed by atoms with Crippen LogP contribution in [0.4, 0.5) is 11.6 Å². The molecule has 2 heterocycles. The summed E-state index contributed by atoms with van der Waals surface area (Å²) in [6.45, 7) is 1.55. The van der Waals surface area contributed by atoms with Crippen molar-refractivity contribution < 1.29 is 4.79 Å². The number of nitrogens with one attached hydrogen (secondary N) is 1. The lowest BCUT2D eigenvalue weighted by Crippen LogP contribution is -1.96. The lowest BCUT2D eigenvalue weighted by Gasteiger charge is -2.04. The molecule has 0 aliphatic rings. The highest BCUT2D eigenvalue weighted by Gasteiger charge is 2.09. The Balaban J connectivity index is 1.69. The highest BCUT2D eigenvalue weighted by Crippen LogP contribution is 2.24. The van der Waals surface area contributed by atoms with Gasteiger partial charge in [-0.1, -0.05) is 29.8 Å². The normalized spacial score (nSPS) is 10.8. The first-order valence-electron chi connectivity index (χ1n) is 8.10. The number of halogens is 1. The summed E-state index contributed by atoms with van der Waals surface area (Å²) in [5.74, 6) is 0.517. The first kappa shape index (κ1) is 16.3. The number of ketones is 1. The van der Waals surface area contributed by atoms with E-state index < -0.39 is 0 Å². The molecule has 0 bridgehead atoms. The molecule has 0 amide bonds. The Morgan fingerprint density at radius 1 is 1.04 bits per heavy atom. The number of rotatable bonds is 4. The van der Waals surface area contributed by atoms with Gasteiger partial charge >= 0.3 is 0 Å². The second-order valence-electron chi connectivity index (χ2n) is 5.89. The lowest BCUT2D eigenvalue weighted by atomic mass is 10.1. The van der Waals surface area contributed by atoms with Gasteiger partial charge in [0, 0.05) is 21.8 Å². The fourth-order valence-corrected chi connectivity index (χ4v) is 2.93. The molecule has 0 saturated carbocycles. The van der Waals surface area contributed by atoms with Crippen molar-refractivity contribution in [1.29, 1.82) is 0 Å². The maximum absolute atomic E-state index is 11.4. The standard InChI is InChI=1S/C20H15ClN4O/c1-13(26)14-8-10-17(11-9-14)22-20-23-19-7-3-6-18(25(19)24-20)15-4-2-5-16(21)12-15/h2-12H,1H3,(H,22,24). The summed E-state index contributed by atoms with van der Waals surface area (Å²) < 4.78 is 1.78. The van der Waals surface area contributed by atoms with Gasteiger partial charge in [-0.3, -0.25) is 4.79 Å². The molecule has 5 nitrogen and oxygen atoms in total. The van der Waals surface area contributed by atoms with Crippen molar-refractivity contribution in [3.8, 4) is 11.3 Å². The maximum atomic E-state index is 11.4. The van der Waals surface area contributed by atoms with Gasteiger partial charge in [-0.25, -0.2) is 4.52 Å². The number of aromatic nitrogens is 3. The predicted octanol–water partition coefficient (Wildman–Crippen LogP) is 5.00. The molecule has 4 rings (SSSR count). The van der Waals surface area contributed by atoms with Crippen LogP contribution >= 0.6 is 11.6 Å². The predicted molar refractivity (Wildman–Crippen MR) is 103 cm³/mol. The summed E-state index contributed by atoms with van der Waals surface area (Å²) in [6, 6.07) is 20.6. The summed E-state index contributed by atoms with van der Waals surface area (Å²) >= 11 is 6.11. The van der Waals surface area contributed by atoms with Gasteiger partial charge in [0.1, 0.15) is 0 Å². The minimum atomic E-state index is 0.0357. The third-order valence-corrected chi connectivity index (χ3v) is 4.26. The number of Topliss-reactive ketones (excluding diaryl/α,β-unsaturated/α-hetero) is 1. The van der Waals surface area contributed by atoms with Crippen LogP contribution in [0.3, 0.4) is 0 Å². The zero-order valence-corrected chi connectivity index (χ0v) is 14.7. The van der Waals surface area contributed by atoms with E-state index in [-0.39, 0.29) is 5.78 Å². The molecule has 2 aromatic heterocycles. The molecule has 0 aliphatic heterocycles. The number of carbonyl (C=O) groups is 1. The Hall–Kier alpha value is -3.18. The molecule has 0 saturated heterocycles. The molecular weight excluding hydrogens is 348 g/mol. The fourth-order valence-electron chi connectivity index (χ4n) is 2.74. The van der Waals surface area contributed by atoms with E-state index >= 15 is 0 Å². The number of fused-ring (bicyclic) bond motifs is 1. The van der Waals surface area contributed by atoms with Crippen LogP contribution in [0.1, 0.15) is 17.3 Å². The van der Waals surface area contributed by atoms with Gasteiger partial charge in [0.05, 0.1) is 5.69 Å². The Bertz CT molecular complexity index is 1100. The second kappa shape index (κ2) is 6.61. The van der Waals surface area contributed by atoms with Crippen molar-refractivity contribution in [2.45, 2.75) is 6.92 Å². The van der Waals surface area contributed by atoms with E-state index in [0.717, 1.165) is 22.6 Å². The van der Waals surface area contributed by atoms with Crippen LogP contribution in [0.2, 0.25) is 5.02 Å². The van der Waals surface area contributed by atoms with Crippen molar-refractivity contribution in [2.24, 2.45) is 0 Å². The molecule has 4 aromatic rings. The van der Waals surface area contributed by atoms with Crippen molar-refractivity contribution in [3.05, 3.63) is 77.3 Å². The molecular formula is C20H15ClN4O. The topological polar surface area (TPSA) is 59.3 Å². The Morgan fingerprint density at radius 2 is 1.81 bits per heavy atom. The van der Waals surface area contributed by atoms with E-state index in [1.165, 1.54) is 0 Å². The molecule has 26 heavy (non-hydrogen) atoms. The van der Waals surface area contributed by atoms with Crippen molar-refractivity contribution in [1.82, 2.24) is 14.6 Å². The molecule has 2 aromatic carbocycles. The van der Waals surface area contributed by atoms with E-state index in [2.05, 4.69) is 15.4 Å². The highest BCUT2D eigenvalue weighted by atomic mass is 35.5. The highest BCUT2D eigenvalue weighted by molar-refractivity contribution is 6.30. The van der Waals surface area contributed by atoms with Gasteiger partial charge in [-0.15, -0.1) is 5.10 Å². The summed E-state index contributed by atoms with van der Waals surface area (Å²) in [5, 5.41) is 8.40. The van der Waals surface area contributed by atoms with Crippen LogP contribution in [0, 0.1) is 0 Å². The molecule has 0 unspecified atom stereocenters. The van der Waals surface area contributed by atoms with Gasteiger partial charge in [0.25, 0.3) is 0 Å². The van der Waals surface area contributed by atoms with Crippen LogP contribution in [0.5, 0.6) is 0 Å². The lowest BCUT2D eigenvalue weighted by molar-refractivity contribution is 0.101. The van der Waals surface area contributed by atoms with Crippen molar-refractivity contribution in [3.63, 3.8) is 0 Å². The summed E-state index contributed by atoms with van der Waals surface area (Å²) in [7, 11) is 0. The quantitative estimate of drug-likeness (QED) is 0.519. The molecule has 1 N–H and O–H groups in total. The minimum absolute atomic E-state index is 0.0357. The molecule has 0 fully saturated rings. The van der Waals surface area contributed by atoms with Gasteiger partial charge < -0.3 is 5.32 Å². The molecule has 0 aliphatic carbocycles. The van der Waals surface area contributed by atoms with Crippen LogP contribution < -0.4 is 5.32 Å². The van der Waals surface area contributed by atoms with Gasteiger partial charge in [-0.2, -0.15) is 4.98 Å². The number of hydrogen-bond donors (Lipinski definition) is 1. The van der Waals surface area contributed by atoms with Crippen LogP contribution in [0.15, 0.2) is 66.7 Å². The monoisotopic (exact) mass is 362 g/mol. The summed E-state index contributed by atoms with van der Waals surface area (Å²) in [4.78, 5) is 15.9. The summed E-state index contributed by atoms with van der Waals surface area (Å²) in [5.41, 5.74) is 4.07. The first-order valence-corrected chi connectivity index (χ1v) is 8.48. The number of hydrogen-bond acceptors (Lipinski definition) is 4. The molecule has 128 valence electrons. The Kier molecular flexibility index (Phi) is 4.14. The Labute approximate surface area is 155 Å². The van der Waals surface area contributed by atoms with Crippen LogP contribution in [-0.2, 0) is 0 Å². The first-order chi connectivity index (χ1) is 12.6. The molecule has 0 spiro atoms. The maximum Gasteiger partial charge on any atom is 0.247 e. The van der Waals surface area contributed by atoms with E-state index in [0.29, 0.717) is 16.5 Å².